The Bertz CT molecular complexity index is 1210. The molecule has 3 rings (SSSR count). The number of nitrogens with zero attached hydrogens (tertiary/aromatic N) is 2. The van der Waals surface area contributed by atoms with Crippen molar-refractivity contribution in [3.63, 3.8) is 0 Å². The molecule has 1 atom stereocenters. The smallest absolute Gasteiger partial charge is 0.280 e. The van der Waals surface area contributed by atoms with Gasteiger partial charge in [0.05, 0.1) is 19.1 Å². The van der Waals surface area contributed by atoms with Crippen molar-refractivity contribution < 1.29 is 14.3 Å². The molecule has 0 saturated heterocycles. The normalized spacial score (nSPS) is 12.4. The number of aryl methyl sites for hydroxylation is 1. The van der Waals surface area contributed by atoms with Crippen LogP contribution in [-0.4, -0.2) is 35.1 Å². The molecular formula is C24H27N5O3. The van der Waals surface area contributed by atoms with Crippen molar-refractivity contribution in [1.82, 2.24) is 20.4 Å². The Morgan fingerprint density at radius 1 is 1.28 bits per heavy atom. The van der Waals surface area contributed by atoms with E-state index in [0.29, 0.717) is 6.61 Å². The SMILES string of the molecule is COCC(C)n1c(C)cc(/C=C(/C#N)C(=O)NNC(=O)Cc2c[nH]c3ccccc23)c1C. The number of ether oxygens (including phenoxy) is 1. The second-order valence-corrected chi connectivity index (χ2v) is 7.71. The zero-order valence-corrected chi connectivity index (χ0v) is 18.7. The van der Waals surface area contributed by atoms with Crippen LogP contribution >= 0.6 is 0 Å². The summed E-state index contributed by atoms with van der Waals surface area (Å²) < 4.78 is 7.34. The molecular weight excluding hydrogens is 406 g/mol. The number of carbonyl (C=O) groups is 2. The quantitative estimate of drug-likeness (QED) is 0.302. The molecule has 2 amide bonds. The number of aromatic amines is 1. The predicted octanol–water partition coefficient (Wildman–Crippen LogP) is 3.09. The van der Waals surface area contributed by atoms with Gasteiger partial charge in [0.25, 0.3) is 5.91 Å². The van der Waals surface area contributed by atoms with Gasteiger partial charge in [-0.1, -0.05) is 18.2 Å². The van der Waals surface area contributed by atoms with Gasteiger partial charge >= 0.3 is 0 Å². The van der Waals surface area contributed by atoms with Crippen LogP contribution < -0.4 is 10.9 Å². The molecule has 8 heteroatoms. The average Bonchev–Trinajstić information content (AvgIpc) is 3.30. The molecule has 1 aromatic carbocycles. The number of hydrogen-bond acceptors (Lipinski definition) is 4. The Kier molecular flexibility index (Phi) is 7.13. The van der Waals surface area contributed by atoms with E-state index < -0.39 is 5.91 Å². The second-order valence-electron chi connectivity index (χ2n) is 7.71. The Hall–Kier alpha value is -3.83. The van der Waals surface area contributed by atoms with Gasteiger partial charge in [0.2, 0.25) is 5.91 Å². The number of amides is 2. The number of nitrogens with one attached hydrogen (secondary N) is 3. The molecule has 2 heterocycles. The van der Waals surface area contributed by atoms with Crippen LogP contribution in [0.5, 0.6) is 0 Å². The average molecular weight is 434 g/mol. The summed E-state index contributed by atoms with van der Waals surface area (Å²) in [7, 11) is 1.65. The molecule has 0 aliphatic heterocycles. The summed E-state index contributed by atoms with van der Waals surface area (Å²) in [6, 6.07) is 11.6. The number of hydrogen-bond donors (Lipinski definition) is 3. The Labute approximate surface area is 186 Å². The number of hydrazine groups is 1. The van der Waals surface area contributed by atoms with E-state index in [0.717, 1.165) is 33.4 Å². The lowest BCUT2D eigenvalue weighted by molar-refractivity contribution is -0.126. The number of para-hydroxylation sites is 1. The van der Waals surface area contributed by atoms with Crippen LogP contribution in [0.3, 0.4) is 0 Å². The zero-order chi connectivity index (χ0) is 23.3. The van der Waals surface area contributed by atoms with E-state index in [4.69, 9.17) is 4.74 Å². The number of H-pyrrole nitrogens is 1. The summed E-state index contributed by atoms with van der Waals surface area (Å²) in [5.74, 6) is -1.05. The first-order valence-electron chi connectivity index (χ1n) is 10.3. The molecule has 0 radical (unpaired) electrons. The van der Waals surface area contributed by atoms with Crippen molar-refractivity contribution in [3.05, 3.63) is 64.6 Å². The molecule has 3 N–H and O–H groups in total. The summed E-state index contributed by atoms with van der Waals surface area (Å²) >= 11 is 0. The number of nitriles is 1. The summed E-state index contributed by atoms with van der Waals surface area (Å²) in [6.07, 6.45) is 3.39. The fraction of sp³-hybridized carbons (Fsp3) is 0.292. The van der Waals surface area contributed by atoms with Gasteiger partial charge in [-0.2, -0.15) is 5.26 Å². The summed E-state index contributed by atoms with van der Waals surface area (Å²) in [4.78, 5) is 27.9. The predicted molar refractivity (Wildman–Crippen MR) is 122 cm³/mol. The maximum atomic E-state index is 12.5. The number of aromatic nitrogens is 2. The van der Waals surface area contributed by atoms with Crippen LogP contribution in [0.4, 0.5) is 0 Å². The first-order valence-corrected chi connectivity index (χ1v) is 10.3. The monoisotopic (exact) mass is 433 g/mol. The van der Waals surface area contributed by atoms with Crippen molar-refractivity contribution in [2.75, 3.05) is 13.7 Å². The fourth-order valence-corrected chi connectivity index (χ4v) is 3.94. The molecule has 1 unspecified atom stereocenters. The van der Waals surface area contributed by atoms with Crippen LogP contribution in [0.15, 0.2) is 42.1 Å². The highest BCUT2D eigenvalue weighted by molar-refractivity contribution is 6.02. The number of benzene rings is 1. The number of rotatable bonds is 7. The molecule has 0 saturated carbocycles. The maximum absolute atomic E-state index is 12.5. The van der Waals surface area contributed by atoms with Crippen LogP contribution in [0, 0.1) is 25.2 Å². The standard InChI is InChI=1S/C24H27N5O3/c1-15-9-18(17(3)29(15)16(2)14-32-4)10-19(12-25)24(31)28-27-23(30)11-20-13-26-22-8-6-5-7-21(20)22/h5-10,13,16,26H,11,14H2,1-4H3,(H,27,30)(H,28,31)/b19-10-. The van der Waals surface area contributed by atoms with Crippen LogP contribution in [0.1, 0.15) is 35.5 Å². The fourth-order valence-electron chi connectivity index (χ4n) is 3.94. The molecule has 0 aliphatic rings. The Balaban J connectivity index is 1.67. The van der Waals surface area contributed by atoms with E-state index in [1.165, 1.54) is 6.08 Å². The van der Waals surface area contributed by atoms with E-state index in [1.807, 2.05) is 57.2 Å². The van der Waals surface area contributed by atoms with E-state index >= 15 is 0 Å². The van der Waals surface area contributed by atoms with Gasteiger partial charge in [0, 0.05) is 35.6 Å². The molecule has 3 aromatic rings. The van der Waals surface area contributed by atoms with Crippen molar-refractivity contribution in [1.29, 1.82) is 5.26 Å². The minimum absolute atomic E-state index is 0.0917. The lowest BCUT2D eigenvalue weighted by Gasteiger charge is -2.17. The Morgan fingerprint density at radius 2 is 2.03 bits per heavy atom. The summed E-state index contributed by atoms with van der Waals surface area (Å²) in [5.41, 5.74) is 9.07. The second kappa shape index (κ2) is 9.98. The highest BCUT2D eigenvalue weighted by Crippen LogP contribution is 2.23. The molecule has 0 bridgehead atoms. The molecule has 166 valence electrons. The van der Waals surface area contributed by atoms with E-state index in [-0.39, 0.29) is 23.9 Å². The van der Waals surface area contributed by atoms with Gasteiger partial charge in [-0.25, -0.2) is 0 Å². The molecule has 0 fully saturated rings. The van der Waals surface area contributed by atoms with E-state index in [2.05, 4.69) is 20.4 Å². The third kappa shape index (κ3) is 4.90. The largest absolute Gasteiger partial charge is 0.383 e. The van der Waals surface area contributed by atoms with Gasteiger partial charge < -0.3 is 14.3 Å². The molecule has 0 spiro atoms. The number of methoxy groups -OCH3 is 1. The van der Waals surface area contributed by atoms with Crippen molar-refractivity contribution in [2.45, 2.75) is 33.2 Å². The molecule has 2 aromatic heterocycles. The van der Waals surface area contributed by atoms with Gasteiger partial charge in [0.1, 0.15) is 11.6 Å². The van der Waals surface area contributed by atoms with E-state index in [1.54, 1.807) is 13.3 Å². The first-order chi connectivity index (χ1) is 15.3. The minimum Gasteiger partial charge on any atom is -0.383 e. The third-order valence-corrected chi connectivity index (χ3v) is 5.38. The minimum atomic E-state index is -0.672. The van der Waals surface area contributed by atoms with E-state index in [9.17, 15) is 14.9 Å². The van der Waals surface area contributed by atoms with Crippen molar-refractivity contribution in [3.8, 4) is 6.07 Å². The highest BCUT2D eigenvalue weighted by Gasteiger charge is 2.16. The number of fused-ring (bicyclic) bond motifs is 1. The topological polar surface area (TPSA) is 112 Å². The van der Waals surface area contributed by atoms with Gasteiger partial charge in [-0.05, 0) is 50.1 Å². The van der Waals surface area contributed by atoms with Crippen molar-refractivity contribution in [2.24, 2.45) is 0 Å². The third-order valence-electron chi connectivity index (χ3n) is 5.38. The summed E-state index contributed by atoms with van der Waals surface area (Å²) in [5, 5.41) is 10.4. The summed E-state index contributed by atoms with van der Waals surface area (Å²) in [6.45, 7) is 6.49. The zero-order valence-electron chi connectivity index (χ0n) is 18.7. The Morgan fingerprint density at radius 3 is 2.75 bits per heavy atom. The first kappa shape index (κ1) is 22.8. The van der Waals surface area contributed by atoms with Crippen LogP contribution in [-0.2, 0) is 20.7 Å². The highest BCUT2D eigenvalue weighted by atomic mass is 16.5. The maximum Gasteiger partial charge on any atom is 0.280 e. The van der Waals surface area contributed by atoms with Crippen LogP contribution in [0.25, 0.3) is 17.0 Å². The van der Waals surface area contributed by atoms with Crippen LogP contribution in [0.2, 0.25) is 0 Å². The lowest BCUT2D eigenvalue weighted by atomic mass is 10.1. The van der Waals surface area contributed by atoms with Crippen molar-refractivity contribution >= 4 is 28.8 Å². The molecule has 8 nitrogen and oxygen atoms in total. The lowest BCUT2D eigenvalue weighted by Crippen LogP contribution is -2.42. The molecule has 32 heavy (non-hydrogen) atoms. The number of carbonyl (C=O) groups excluding carboxylic acids is 2. The molecule has 0 aliphatic carbocycles. The van der Waals surface area contributed by atoms with Gasteiger partial charge in [0.15, 0.2) is 0 Å². The van der Waals surface area contributed by atoms with Gasteiger partial charge in [-0.15, -0.1) is 0 Å². The van der Waals surface area contributed by atoms with Gasteiger partial charge in [-0.3, -0.25) is 20.4 Å².